The highest BCUT2D eigenvalue weighted by atomic mass is 32.2. The fourth-order valence-electron chi connectivity index (χ4n) is 3.21. The van der Waals surface area contributed by atoms with Crippen molar-refractivity contribution in [3.05, 3.63) is 17.5 Å². The van der Waals surface area contributed by atoms with Crippen molar-refractivity contribution >= 4 is 15.9 Å². The number of sulfone groups is 1. The first-order valence-electron chi connectivity index (χ1n) is 7.63. The molecule has 122 valence electrons. The minimum Gasteiger partial charge on any atom is -0.359 e. The number of nitrogens with zero attached hydrogens (tertiary/aromatic N) is 2. The lowest BCUT2D eigenvalue weighted by atomic mass is 10.1. The van der Waals surface area contributed by atoms with Crippen molar-refractivity contribution in [1.82, 2.24) is 15.4 Å². The molecular weight excluding hydrogens is 306 g/mol. The molecule has 2 aliphatic rings. The first-order valence-corrected chi connectivity index (χ1v) is 9.45. The number of likely N-dealkylation sites (tertiary alicyclic amines) is 1. The number of carbonyl (C=O) groups is 1. The van der Waals surface area contributed by atoms with Gasteiger partial charge in [-0.2, -0.15) is 0 Å². The van der Waals surface area contributed by atoms with Crippen LogP contribution in [0.25, 0.3) is 0 Å². The Morgan fingerprint density at radius 3 is 2.95 bits per heavy atom. The maximum absolute atomic E-state index is 12.4. The molecule has 8 heteroatoms. The molecule has 2 amide bonds. The minimum absolute atomic E-state index is 0.0301. The van der Waals surface area contributed by atoms with Crippen LogP contribution in [0, 0.1) is 12.8 Å². The Hall–Kier alpha value is -1.57. The summed E-state index contributed by atoms with van der Waals surface area (Å²) in [5.74, 6) is 1.16. The fraction of sp³-hybridized carbons (Fsp3) is 0.714. The molecule has 2 atom stereocenters. The number of aryl methyl sites for hydroxylation is 1. The van der Waals surface area contributed by atoms with Gasteiger partial charge in [0.1, 0.15) is 0 Å². The van der Waals surface area contributed by atoms with Gasteiger partial charge in [-0.1, -0.05) is 5.16 Å². The molecule has 22 heavy (non-hydrogen) atoms. The van der Waals surface area contributed by atoms with Gasteiger partial charge < -0.3 is 14.7 Å². The Labute approximate surface area is 129 Å². The summed E-state index contributed by atoms with van der Waals surface area (Å²) in [6, 6.07) is 1.63. The number of amides is 2. The summed E-state index contributed by atoms with van der Waals surface area (Å²) in [7, 11) is -2.90. The molecule has 3 rings (SSSR count). The summed E-state index contributed by atoms with van der Waals surface area (Å²) in [4.78, 5) is 14.1. The third-order valence-corrected chi connectivity index (χ3v) is 6.19. The second kappa shape index (κ2) is 5.91. The zero-order valence-electron chi connectivity index (χ0n) is 12.6. The Morgan fingerprint density at radius 2 is 2.32 bits per heavy atom. The van der Waals surface area contributed by atoms with Gasteiger partial charge in [0.2, 0.25) is 0 Å². The predicted octanol–water partition coefficient (Wildman–Crippen LogP) is 1.26. The topological polar surface area (TPSA) is 92.5 Å². The number of hydrogen-bond acceptors (Lipinski definition) is 5. The van der Waals surface area contributed by atoms with Gasteiger partial charge in [0.05, 0.1) is 23.2 Å². The number of carbonyl (C=O) groups excluding carboxylic acids is 1. The smallest absolute Gasteiger partial charge is 0.318 e. The van der Waals surface area contributed by atoms with E-state index in [1.165, 1.54) is 0 Å². The maximum atomic E-state index is 12.4. The average molecular weight is 327 g/mol. The van der Waals surface area contributed by atoms with Gasteiger partial charge >= 0.3 is 6.03 Å². The molecule has 0 spiro atoms. The standard InChI is InChI=1S/C14H21N3O4S/c1-10-7-13(21-16-10)12-3-2-5-17(12)14(18)15-8-11-4-6-22(19,20)9-11/h7,11-12H,2-6,8-9H2,1H3,(H,15,18)/t11-,12+/m0/s1. The molecule has 0 saturated carbocycles. The summed E-state index contributed by atoms with van der Waals surface area (Å²) in [5, 5.41) is 6.75. The maximum Gasteiger partial charge on any atom is 0.318 e. The molecule has 1 aromatic heterocycles. The van der Waals surface area contributed by atoms with Crippen molar-refractivity contribution in [3.8, 4) is 0 Å². The van der Waals surface area contributed by atoms with E-state index in [0.717, 1.165) is 18.5 Å². The van der Waals surface area contributed by atoms with Crippen LogP contribution < -0.4 is 5.32 Å². The molecule has 0 aliphatic carbocycles. The normalized spacial score (nSPS) is 27.2. The van der Waals surface area contributed by atoms with Gasteiger partial charge in [-0.15, -0.1) is 0 Å². The summed E-state index contributed by atoms with van der Waals surface area (Å²) in [5.41, 5.74) is 0.804. The molecule has 2 aliphatic heterocycles. The largest absolute Gasteiger partial charge is 0.359 e. The zero-order valence-corrected chi connectivity index (χ0v) is 13.4. The number of aromatic nitrogens is 1. The molecule has 7 nitrogen and oxygen atoms in total. The van der Waals surface area contributed by atoms with E-state index in [0.29, 0.717) is 25.3 Å². The number of rotatable bonds is 3. The molecule has 1 aromatic rings. The average Bonchev–Trinajstić information content (AvgIpc) is 3.15. The van der Waals surface area contributed by atoms with E-state index >= 15 is 0 Å². The van der Waals surface area contributed by atoms with Gasteiger partial charge in [-0.3, -0.25) is 0 Å². The minimum atomic E-state index is -2.90. The van der Waals surface area contributed by atoms with Crippen LogP contribution >= 0.6 is 0 Å². The summed E-state index contributed by atoms with van der Waals surface area (Å²) in [6.07, 6.45) is 2.42. The quantitative estimate of drug-likeness (QED) is 0.902. The zero-order chi connectivity index (χ0) is 15.7. The molecular formula is C14H21N3O4S. The van der Waals surface area contributed by atoms with Gasteiger partial charge in [-0.05, 0) is 32.1 Å². The van der Waals surface area contributed by atoms with Crippen molar-refractivity contribution in [2.45, 2.75) is 32.2 Å². The van der Waals surface area contributed by atoms with Gasteiger partial charge in [0, 0.05) is 19.2 Å². The molecule has 3 heterocycles. The Morgan fingerprint density at radius 1 is 1.50 bits per heavy atom. The third-order valence-electron chi connectivity index (χ3n) is 4.36. The van der Waals surface area contributed by atoms with Crippen LogP contribution in [0.3, 0.4) is 0 Å². The van der Waals surface area contributed by atoms with Crippen molar-refractivity contribution in [2.24, 2.45) is 5.92 Å². The second-order valence-electron chi connectivity index (χ2n) is 6.18. The SMILES string of the molecule is Cc1cc([C@H]2CCCN2C(=O)NC[C@@H]2CCS(=O)(=O)C2)on1. The second-order valence-corrected chi connectivity index (χ2v) is 8.41. The van der Waals surface area contributed by atoms with Crippen LogP contribution in [0.2, 0.25) is 0 Å². The first-order chi connectivity index (χ1) is 10.4. The molecule has 2 saturated heterocycles. The lowest BCUT2D eigenvalue weighted by Crippen LogP contribution is -2.41. The Kier molecular flexibility index (Phi) is 4.12. The molecule has 2 fully saturated rings. The molecule has 0 radical (unpaired) electrons. The molecule has 0 unspecified atom stereocenters. The highest BCUT2D eigenvalue weighted by Crippen LogP contribution is 2.32. The van der Waals surface area contributed by atoms with Crippen molar-refractivity contribution < 1.29 is 17.7 Å². The summed E-state index contributed by atoms with van der Waals surface area (Å²) in [6.45, 7) is 2.95. The third kappa shape index (κ3) is 3.26. The van der Waals surface area contributed by atoms with E-state index in [1.807, 2.05) is 13.0 Å². The van der Waals surface area contributed by atoms with E-state index in [9.17, 15) is 13.2 Å². The van der Waals surface area contributed by atoms with Crippen LogP contribution in [0.1, 0.15) is 36.8 Å². The number of nitrogens with one attached hydrogen (secondary N) is 1. The van der Waals surface area contributed by atoms with E-state index < -0.39 is 9.84 Å². The van der Waals surface area contributed by atoms with E-state index in [2.05, 4.69) is 10.5 Å². The van der Waals surface area contributed by atoms with Gasteiger partial charge in [-0.25, -0.2) is 13.2 Å². The predicted molar refractivity (Wildman–Crippen MR) is 80.1 cm³/mol. The lowest BCUT2D eigenvalue weighted by molar-refractivity contribution is 0.181. The van der Waals surface area contributed by atoms with Crippen molar-refractivity contribution in [2.75, 3.05) is 24.6 Å². The van der Waals surface area contributed by atoms with Crippen LogP contribution in [0.5, 0.6) is 0 Å². The van der Waals surface area contributed by atoms with E-state index in [-0.39, 0.29) is 29.5 Å². The van der Waals surface area contributed by atoms with E-state index in [1.54, 1.807) is 4.90 Å². The first kappa shape index (κ1) is 15.3. The van der Waals surface area contributed by atoms with Crippen LogP contribution in [-0.4, -0.2) is 49.1 Å². The highest BCUT2D eigenvalue weighted by molar-refractivity contribution is 7.91. The van der Waals surface area contributed by atoms with Crippen molar-refractivity contribution in [3.63, 3.8) is 0 Å². The van der Waals surface area contributed by atoms with Crippen molar-refractivity contribution in [1.29, 1.82) is 0 Å². The fourth-order valence-corrected chi connectivity index (χ4v) is 5.07. The van der Waals surface area contributed by atoms with Gasteiger partial charge in [0.15, 0.2) is 15.6 Å². The van der Waals surface area contributed by atoms with Crippen LogP contribution in [0.15, 0.2) is 10.6 Å². The van der Waals surface area contributed by atoms with Gasteiger partial charge in [0.25, 0.3) is 0 Å². The summed E-state index contributed by atoms with van der Waals surface area (Å²) < 4.78 is 28.2. The number of hydrogen-bond donors (Lipinski definition) is 1. The molecule has 0 aromatic carbocycles. The highest BCUT2D eigenvalue weighted by Gasteiger charge is 2.34. The molecule has 1 N–H and O–H groups in total. The lowest BCUT2D eigenvalue weighted by Gasteiger charge is -2.23. The monoisotopic (exact) mass is 327 g/mol. The Bertz CT molecular complexity index is 655. The Balaban J connectivity index is 1.57. The van der Waals surface area contributed by atoms with Crippen LogP contribution in [0.4, 0.5) is 4.79 Å². The number of urea groups is 1. The summed E-state index contributed by atoms with van der Waals surface area (Å²) >= 11 is 0. The van der Waals surface area contributed by atoms with E-state index in [4.69, 9.17) is 4.52 Å². The van der Waals surface area contributed by atoms with Crippen LogP contribution in [-0.2, 0) is 9.84 Å². The molecule has 0 bridgehead atoms.